The van der Waals surface area contributed by atoms with Crippen LogP contribution in [-0.4, -0.2) is 23.9 Å². The Kier molecular flexibility index (Phi) is 6.77. The van der Waals surface area contributed by atoms with Gasteiger partial charge < -0.3 is 5.32 Å². The fourth-order valence-electron chi connectivity index (χ4n) is 2.86. The average Bonchev–Trinajstić information content (AvgIpc) is 2.61. The molecule has 1 atom stereocenters. The lowest BCUT2D eigenvalue weighted by Gasteiger charge is -2.25. The fraction of sp³-hybridized carbons (Fsp3) is 0.409. The molecule has 2 aromatic rings. The third-order valence-electron chi connectivity index (χ3n) is 4.74. The first-order valence-corrected chi connectivity index (χ1v) is 9.10. The van der Waals surface area contributed by atoms with E-state index in [1.807, 2.05) is 32.2 Å². The Morgan fingerprint density at radius 3 is 2.20 bits per heavy atom. The van der Waals surface area contributed by atoms with Gasteiger partial charge in [0.25, 0.3) is 0 Å². The number of nitrogens with one attached hydrogen (secondary N) is 1. The van der Waals surface area contributed by atoms with Crippen LogP contribution in [0.2, 0.25) is 0 Å². The Bertz CT molecular complexity index is 691. The van der Waals surface area contributed by atoms with E-state index in [9.17, 15) is 4.79 Å². The number of carbonyl (C=O) groups excluding carboxylic acids is 1. The van der Waals surface area contributed by atoms with E-state index in [-0.39, 0.29) is 11.9 Å². The molecule has 0 fully saturated rings. The third kappa shape index (κ3) is 5.17. The molecule has 2 rings (SSSR count). The highest BCUT2D eigenvalue weighted by Gasteiger charge is 2.19. The van der Waals surface area contributed by atoms with Crippen LogP contribution in [0.5, 0.6) is 0 Å². The number of amides is 1. The first-order chi connectivity index (χ1) is 11.9. The molecule has 1 N–H and O–H groups in total. The SMILES string of the molecule is CCc1ccc(CN(C)C(C)C(=O)Nc2ccccc2C(C)C)cc1. The van der Waals surface area contributed by atoms with Crippen LogP contribution in [-0.2, 0) is 17.8 Å². The predicted octanol–water partition coefficient (Wildman–Crippen LogP) is 4.83. The molecule has 2 aromatic carbocycles. The molecule has 25 heavy (non-hydrogen) atoms. The number of likely N-dealkylation sites (N-methyl/N-ethyl adjacent to an activating group) is 1. The van der Waals surface area contributed by atoms with Crippen LogP contribution in [0.3, 0.4) is 0 Å². The van der Waals surface area contributed by atoms with Gasteiger partial charge in [-0.1, -0.05) is 63.2 Å². The van der Waals surface area contributed by atoms with E-state index in [1.54, 1.807) is 0 Å². The Balaban J connectivity index is 2.01. The van der Waals surface area contributed by atoms with Gasteiger partial charge in [-0.2, -0.15) is 0 Å². The van der Waals surface area contributed by atoms with Gasteiger partial charge in [-0.25, -0.2) is 0 Å². The van der Waals surface area contributed by atoms with Crippen LogP contribution in [0.15, 0.2) is 48.5 Å². The maximum absolute atomic E-state index is 12.7. The van der Waals surface area contributed by atoms with Crippen LogP contribution < -0.4 is 5.32 Å². The zero-order chi connectivity index (χ0) is 18.4. The minimum atomic E-state index is -0.203. The lowest BCUT2D eigenvalue weighted by molar-refractivity contribution is -0.120. The quantitative estimate of drug-likeness (QED) is 0.784. The fourth-order valence-corrected chi connectivity index (χ4v) is 2.86. The van der Waals surface area contributed by atoms with Crippen molar-refractivity contribution in [3.63, 3.8) is 0 Å². The van der Waals surface area contributed by atoms with Crippen molar-refractivity contribution in [1.29, 1.82) is 0 Å². The number of hydrogen-bond donors (Lipinski definition) is 1. The molecular formula is C22H30N2O. The van der Waals surface area contributed by atoms with Crippen molar-refractivity contribution in [3.8, 4) is 0 Å². The Morgan fingerprint density at radius 1 is 1.00 bits per heavy atom. The normalized spacial score (nSPS) is 12.4. The second-order valence-corrected chi connectivity index (χ2v) is 6.99. The zero-order valence-electron chi connectivity index (χ0n) is 16.0. The first kappa shape index (κ1) is 19.2. The summed E-state index contributed by atoms with van der Waals surface area (Å²) in [4.78, 5) is 14.7. The highest BCUT2D eigenvalue weighted by molar-refractivity contribution is 5.95. The summed E-state index contributed by atoms with van der Waals surface area (Å²) in [6.07, 6.45) is 1.05. The summed E-state index contributed by atoms with van der Waals surface area (Å²) in [5.41, 5.74) is 4.64. The van der Waals surface area contributed by atoms with E-state index in [2.05, 4.69) is 61.3 Å². The lowest BCUT2D eigenvalue weighted by Crippen LogP contribution is -2.39. The predicted molar refractivity (Wildman–Crippen MR) is 106 cm³/mol. The van der Waals surface area contributed by atoms with Crippen molar-refractivity contribution in [3.05, 3.63) is 65.2 Å². The molecule has 0 spiro atoms. The smallest absolute Gasteiger partial charge is 0.241 e. The van der Waals surface area contributed by atoms with Gasteiger partial charge in [-0.15, -0.1) is 0 Å². The number of hydrogen-bond acceptors (Lipinski definition) is 2. The first-order valence-electron chi connectivity index (χ1n) is 9.10. The van der Waals surface area contributed by atoms with Crippen molar-refractivity contribution in [2.45, 2.75) is 52.6 Å². The topological polar surface area (TPSA) is 32.3 Å². The monoisotopic (exact) mass is 338 g/mol. The van der Waals surface area contributed by atoms with E-state index < -0.39 is 0 Å². The molecule has 0 saturated carbocycles. The largest absolute Gasteiger partial charge is 0.324 e. The number of carbonyl (C=O) groups is 1. The summed E-state index contributed by atoms with van der Waals surface area (Å²) in [6.45, 7) is 9.14. The maximum atomic E-state index is 12.7. The number of anilines is 1. The van der Waals surface area contributed by atoms with Gasteiger partial charge >= 0.3 is 0 Å². The lowest BCUT2D eigenvalue weighted by atomic mass is 10.0. The van der Waals surface area contributed by atoms with Gasteiger partial charge in [0.15, 0.2) is 0 Å². The minimum Gasteiger partial charge on any atom is -0.324 e. The summed E-state index contributed by atoms with van der Waals surface area (Å²) < 4.78 is 0. The highest BCUT2D eigenvalue weighted by Crippen LogP contribution is 2.24. The molecule has 134 valence electrons. The molecule has 0 bridgehead atoms. The van der Waals surface area contributed by atoms with Crippen LogP contribution in [0.25, 0.3) is 0 Å². The average molecular weight is 338 g/mol. The molecule has 0 heterocycles. The van der Waals surface area contributed by atoms with Crippen molar-refractivity contribution in [2.24, 2.45) is 0 Å². The summed E-state index contributed by atoms with van der Waals surface area (Å²) in [7, 11) is 1.99. The minimum absolute atomic E-state index is 0.0285. The summed E-state index contributed by atoms with van der Waals surface area (Å²) in [5, 5.41) is 3.10. The summed E-state index contributed by atoms with van der Waals surface area (Å²) in [6, 6.07) is 16.4. The molecular weight excluding hydrogens is 308 g/mol. The second kappa shape index (κ2) is 8.82. The van der Waals surface area contributed by atoms with Crippen molar-refractivity contribution in [1.82, 2.24) is 4.90 Å². The summed E-state index contributed by atoms with van der Waals surface area (Å²) in [5.74, 6) is 0.405. The zero-order valence-corrected chi connectivity index (χ0v) is 16.0. The highest BCUT2D eigenvalue weighted by atomic mass is 16.2. The third-order valence-corrected chi connectivity index (χ3v) is 4.74. The molecule has 0 aromatic heterocycles. The standard InChI is InChI=1S/C22H30N2O/c1-6-18-11-13-19(14-12-18)15-24(5)17(4)22(25)23-21-10-8-7-9-20(21)16(2)3/h7-14,16-17H,6,15H2,1-5H3,(H,23,25). The maximum Gasteiger partial charge on any atom is 0.241 e. The number of para-hydroxylation sites is 1. The molecule has 3 nitrogen and oxygen atoms in total. The molecule has 1 amide bonds. The molecule has 0 saturated heterocycles. The van der Waals surface area contributed by atoms with Gasteiger partial charge in [0.05, 0.1) is 6.04 Å². The van der Waals surface area contributed by atoms with Gasteiger partial charge in [-0.3, -0.25) is 9.69 Å². The van der Waals surface area contributed by atoms with Crippen molar-refractivity contribution < 1.29 is 4.79 Å². The summed E-state index contributed by atoms with van der Waals surface area (Å²) >= 11 is 0. The van der Waals surface area contributed by atoms with Crippen LogP contribution >= 0.6 is 0 Å². The second-order valence-electron chi connectivity index (χ2n) is 6.99. The molecule has 0 aliphatic heterocycles. The van der Waals surface area contributed by atoms with E-state index in [1.165, 1.54) is 16.7 Å². The van der Waals surface area contributed by atoms with Gasteiger partial charge in [0, 0.05) is 12.2 Å². The number of nitrogens with zero attached hydrogens (tertiary/aromatic N) is 1. The van der Waals surface area contributed by atoms with Crippen molar-refractivity contribution >= 4 is 11.6 Å². The van der Waals surface area contributed by atoms with Crippen molar-refractivity contribution in [2.75, 3.05) is 12.4 Å². The van der Waals surface area contributed by atoms with Crippen LogP contribution in [0.1, 0.15) is 50.3 Å². The van der Waals surface area contributed by atoms with Gasteiger partial charge in [0.1, 0.15) is 0 Å². The molecule has 0 aliphatic rings. The van der Waals surface area contributed by atoms with Crippen LogP contribution in [0.4, 0.5) is 5.69 Å². The van der Waals surface area contributed by atoms with Gasteiger partial charge in [0.2, 0.25) is 5.91 Å². The van der Waals surface area contributed by atoms with E-state index in [0.717, 1.165) is 18.7 Å². The Morgan fingerprint density at radius 2 is 1.60 bits per heavy atom. The number of rotatable bonds is 7. The molecule has 3 heteroatoms. The van der Waals surface area contributed by atoms with E-state index >= 15 is 0 Å². The Hall–Kier alpha value is -2.13. The van der Waals surface area contributed by atoms with Gasteiger partial charge in [-0.05, 0) is 49.1 Å². The van der Waals surface area contributed by atoms with E-state index in [4.69, 9.17) is 0 Å². The number of aryl methyl sites for hydroxylation is 1. The van der Waals surface area contributed by atoms with E-state index in [0.29, 0.717) is 5.92 Å². The molecule has 0 aliphatic carbocycles. The van der Waals surface area contributed by atoms with Crippen LogP contribution in [0, 0.1) is 0 Å². The molecule has 0 radical (unpaired) electrons. The Labute approximate surface area is 152 Å². The number of benzene rings is 2. The molecule has 1 unspecified atom stereocenters.